The van der Waals surface area contributed by atoms with Crippen molar-refractivity contribution in [2.45, 2.75) is 19.4 Å². The Labute approximate surface area is 88.7 Å². The first-order chi connectivity index (χ1) is 7.25. The lowest BCUT2D eigenvalue weighted by molar-refractivity contribution is -0.139. The Balaban J connectivity index is 2.01. The lowest BCUT2D eigenvalue weighted by Crippen LogP contribution is -2.38. The van der Waals surface area contributed by atoms with E-state index in [1.54, 1.807) is 4.90 Å². The highest BCUT2D eigenvalue weighted by Gasteiger charge is 2.23. The summed E-state index contributed by atoms with van der Waals surface area (Å²) in [5.41, 5.74) is 1.11. The number of nitrogens with zero attached hydrogens (tertiary/aromatic N) is 1. The first-order valence-electron chi connectivity index (χ1n) is 5.09. The van der Waals surface area contributed by atoms with Crippen molar-refractivity contribution in [3.63, 3.8) is 0 Å². The monoisotopic (exact) mass is 203 g/mol. The maximum absolute atomic E-state index is 11.5. The van der Waals surface area contributed by atoms with Gasteiger partial charge in [0.05, 0.1) is 6.42 Å². The largest absolute Gasteiger partial charge is 0.338 e. The molecule has 1 aliphatic rings. The van der Waals surface area contributed by atoms with Crippen molar-refractivity contribution in [2.75, 3.05) is 6.54 Å². The molecule has 3 nitrogen and oxygen atoms in total. The first-order valence-corrected chi connectivity index (χ1v) is 5.09. The summed E-state index contributed by atoms with van der Waals surface area (Å²) in [5, 5.41) is 0. The van der Waals surface area contributed by atoms with Crippen LogP contribution in [0.15, 0.2) is 30.3 Å². The average molecular weight is 203 g/mol. The fraction of sp³-hybridized carbons (Fsp3) is 0.333. The van der Waals surface area contributed by atoms with Crippen molar-refractivity contribution in [1.29, 1.82) is 0 Å². The molecule has 0 atom stereocenters. The van der Waals surface area contributed by atoms with Gasteiger partial charge >= 0.3 is 0 Å². The number of Topliss-reactive ketones (excluding diaryl/α,β-unsaturated/α-hetero) is 1. The number of benzene rings is 1. The summed E-state index contributed by atoms with van der Waals surface area (Å²) in [6, 6.07) is 9.84. The van der Waals surface area contributed by atoms with Gasteiger partial charge in [0.15, 0.2) is 0 Å². The molecule has 1 heterocycles. The Bertz CT molecular complexity index is 372. The predicted molar refractivity (Wildman–Crippen MR) is 56.1 cm³/mol. The minimum absolute atomic E-state index is 0.0462. The average Bonchev–Trinajstić information content (AvgIpc) is 2.24. The minimum Gasteiger partial charge on any atom is -0.338 e. The van der Waals surface area contributed by atoms with Gasteiger partial charge in [0.2, 0.25) is 5.91 Å². The summed E-state index contributed by atoms with van der Waals surface area (Å²) in [7, 11) is 0. The highest BCUT2D eigenvalue weighted by molar-refractivity contribution is 6.00. The third kappa shape index (κ3) is 2.43. The number of carbonyl (C=O) groups is 2. The van der Waals surface area contributed by atoms with Crippen molar-refractivity contribution in [1.82, 2.24) is 4.90 Å². The van der Waals surface area contributed by atoms with Crippen molar-refractivity contribution in [2.24, 2.45) is 0 Å². The van der Waals surface area contributed by atoms with E-state index in [-0.39, 0.29) is 18.1 Å². The number of piperidine rings is 1. The fourth-order valence-electron chi connectivity index (χ4n) is 1.72. The molecule has 15 heavy (non-hydrogen) atoms. The third-order valence-electron chi connectivity index (χ3n) is 2.58. The summed E-state index contributed by atoms with van der Waals surface area (Å²) >= 11 is 0. The molecule has 1 aromatic rings. The van der Waals surface area contributed by atoms with E-state index < -0.39 is 0 Å². The Hall–Kier alpha value is -1.64. The second-order valence-corrected chi connectivity index (χ2v) is 3.77. The molecule has 0 N–H and O–H groups in total. The number of rotatable bonds is 2. The third-order valence-corrected chi connectivity index (χ3v) is 2.58. The van der Waals surface area contributed by atoms with Crippen LogP contribution in [-0.4, -0.2) is 23.1 Å². The van der Waals surface area contributed by atoms with Gasteiger partial charge in [0.25, 0.3) is 0 Å². The molecular weight excluding hydrogens is 190 g/mol. The van der Waals surface area contributed by atoms with Crippen LogP contribution in [-0.2, 0) is 16.1 Å². The van der Waals surface area contributed by atoms with Gasteiger partial charge in [-0.2, -0.15) is 0 Å². The van der Waals surface area contributed by atoms with Crippen LogP contribution in [0.2, 0.25) is 0 Å². The molecule has 3 heteroatoms. The Morgan fingerprint density at radius 3 is 2.53 bits per heavy atom. The van der Waals surface area contributed by atoms with Gasteiger partial charge < -0.3 is 4.90 Å². The van der Waals surface area contributed by atoms with Crippen LogP contribution in [0.4, 0.5) is 0 Å². The maximum Gasteiger partial charge on any atom is 0.230 e. The van der Waals surface area contributed by atoms with Crippen molar-refractivity contribution < 1.29 is 9.59 Å². The summed E-state index contributed by atoms with van der Waals surface area (Å²) in [6.07, 6.45) is 0.575. The van der Waals surface area contributed by atoms with E-state index in [1.165, 1.54) is 0 Å². The lowest BCUT2D eigenvalue weighted by Gasteiger charge is -2.26. The highest BCUT2D eigenvalue weighted by Crippen LogP contribution is 2.11. The van der Waals surface area contributed by atoms with E-state index >= 15 is 0 Å². The van der Waals surface area contributed by atoms with Gasteiger partial charge in [0, 0.05) is 19.5 Å². The molecule has 0 unspecified atom stereocenters. The summed E-state index contributed by atoms with van der Waals surface area (Å²) in [4.78, 5) is 24.3. The molecule has 0 aromatic heterocycles. The number of ketones is 1. The van der Waals surface area contributed by atoms with Crippen molar-refractivity contribution in [3.05, 3.63) is 35.9 Å². The second-order valence-electron chi connectivity index (χ2n) is 3.77. The van der Waals surface area contributed by atoms with Crippen LogP contribution in [0.5, 0.6) is 0 Å². The van der Waals surface area contributed by atoms with Crippen molar-refractivity contribution in [3.8, 4) is 0 Å². The molecule has 1 amide bonds. The van der Waals surface area contributed by atoms with E-state index in [4.69, 9.17) is 0 Å². The molecule has 0 spiro atoms. The minimum atomic E-state index is -0.0462. The molecule has 2 rings (SSSR count). The van der Waals surface area contributed by atoms with Crippen LogP contribution >= 0.6 is 0 Å². The van der Waals surface area contributed by atoms with E-state index in [0.29, 0.717) is 19.5 Å². The van der Waals surface area contributed by atoms with Crippen LogP contribution in [0.1, 0.15) is 18.4 Å². The lowest BCUT2D eigenvalue weighted by atomic mass is 10.1. The van der Waals surface area contributed by atoms with Gasteiger partial charge in [-0.1, -0.05) is 30.3 Å². The zero-order valence-corrected chi connectivity index (χ0v) is 8.48. The Morgan fingerprint density at radius 1 is 1.13 bits per heavy atom. The highest BCUT2D eigenvalue weighted by atomic mass is 16.2. The molecular formula is C12H13NO2. The van der Waals surface area contributed by atoms with E-state index in [1.807, 2.05) is 30.3 Å². The molecule has 0 saturated carbocycles. The maximum atomic E-state index is 11.5. The molecule has 1 aromatic carbocycles. The molecule has 1 saturated heterocycles. The van der Waals surface area contributed by atoms with Gasteiger partial charge in [-0.25, -0.2) is 0 Å². The number of likely N-dealkylation sites (tertiary alicyclic amines) is 1. The van der Waals surface area contributed by atoms with Gasteiger partial charge in [-0.3, -0.25) is 9.59 Å². The summed E-state index contributed by atoms with van der Waals surface area (Å²) in [6.45, 7) is 1.18. The molecule has 0 bridgehead atoms. The molecule has 1 fully saturated rings. The zero-order valence-electron chi connectivity index (χ0n) is 8.48. The molecule has 1 aliphatic heterocycles. The normalized spacial score (nSPS) is 16.9. The SMILES string of the molecule is O=C1CCN(Cc2ccccc2)C(=O)C1. The number of hydrogen-bond donors (Lipinski definition) is 0. The Morgan fingerprint density at radius 2 is 1.87 bits per heavy atom. The predicted octanol–water partition coefficient (Wildman–Crippen LogP) is 1.38. The summed E-state index contributed by atoms with van der Waals surface area (Å²) in [5.74, 6) is 0.0133. The van der Waals surface area contributed by atoms with Crippen LogP contribution in [0.3, 0.4) is 0 Å². The number of hydrogen-bond acceptors (Lipinski definition) is 2. The molecule has 0 radical (unpaired) electrons. The molecule has 0 aliphatic carbocycles. The van der Waals surface area contributed by atoms with Gasteiger partial charge in [-0.15, -0.1) is 0 Å². The fourth-order valence-corrected chi connectivity index (χ4v) is 1.72. The van der Waals surface area contributed by atoms with Gasteiger partial charge in [0.1, 0.15) is 5.78 Å². The molecule has 78 valence electrons. The Kier molecular flexibility index (Phi) is 2.81. The number of carbonyl (C=O) groups excluding carboxylic acids is 2. The number of amides is 1. The second kappa shape index (κ2) is 4.26. The van der Waals surface area contributed by atoms with E-state index in [0.717, 1.165) is 5.56 Å². The van der Waals surface area contributed by atoms with Crippen LogP contribution in [0, 0.1) is 0 Å². The smallest absolute Gasteiger partial charge is 0.230 e. The topological polar surface area (TPSA) is 37.4 Å². The van der Waals surface area contributed by atoms with E-state index in [9.17, 15) is 9.59 Å². The standard InChI is InChI=1S/C12H13NO2/c14-11-6-7-13(12(15)8-11)9-10-4-2-1-3-5-10/h1-5H,6-9H2. The van der Waals surface area contributed by atoms with E-state index in [2.05, 4.69) is 0 Å². The summed E-state index contributed by atoms with van der Waals surface area (Å²) < 4.78 is 0. The van der Waals surface area contributed by atoms with Crippen molar-refractivity contribution >= 4 is 11.7 Å². The van der Waals surface area contributed by atoms with Gasteiger partial charge in [-0.05, 0) is 5.56 Å². The van der Waals surface area contributed by atoms with Crippen LogP contribution < -0.4 is 0 Å². The van der Waals surface area contributed by atoms with Crippen LogP contribution in [0.25, 0.3) is 0 Å². The zero-order chi connectivity index (χ0) is 10.7. The quantitative estimate of drug-likeness (QED) is 0.681. The first kappa shape index (κ1) is 9.90.